The van der Waals surface area contributed by atoms with Crippen molar-refractivity contribution in [2.24, 2.45) is 5.73 Å². The van der Waals surface area contributed by atoms with Crippen molar-refractivity contribution in [3.63, 3.8) is 0 Å². The van der Waals surface area contributed by atoms with Crippen molar-refractivity contribution in [3.05, 3.63) is 100 Å². The lowest BCUT2D eigenvalue weighted by Gasteiger charge is -2.26. The van der Waals surface area contributed by atoms with E-state index in [2.05, 4.69) is 6.07 Å². The van der Waals surface area contributed by atoms with Crippen LogP contribution in [-0.2, 0) is 0 Å². The largest absolute Gasteiger partial charge is 0.497 e. The van der Waals surface area contributed by atoms with Crippen molar-refractivity contribution in [2.45, 2.75) is 12.8 Å². The molecule has 0 radical (unpaired) electrons. The Morgan fingerprint density at radius 1 is 1.06 bits per heavy atom. The van der Waals surface area contributed by atoms with Crippen molar-refractivity contribution >= 4 is 5.97 Å². The fourth-order valence-electron chi connectivity index (χ4n) is 3.60. The van der Waals surface area contributed by atoms with Gasteiger partial charge in [0.1, 0.15) is 28.9 Å². The number of ether oxygens (including phenoxy) is 3. The van der Waals surface area contributed by atoms with Crippen LogP contribution in [0, 0.1) is 18.3 Å². The number of hydrogen-bond donors (Lipinski definition) is 1. The van der Waals surface area contributed by atoms with Crippen molar-refractivity contribution in [1.29, 1.82) is 5.26 Å². The summed E-state index contributed by atoms with van der Waals surface area (Å²) in [6.45, 7) is 1.85. The van der Waals surface area contributed by atoms with E-state index in [1.165, 1.54) is 0 Å². The standard InChI is InChI=1S/C25H20N2O4/c1-15-5-3-4-6-19(15)25(28)30-18-11-12-20-22(13-18)31-24(27)21(14-26)23(20)16-7-9-17(29-2)10-8-16/h3-13,23H,27H2,1-2H3. The topological polar surface area (TPSA) is 94.6 Å². The van der Waals surface area contributed by atoms with Crippen LogP contribution in [0.2, 0.25) is 0 Å². The summed E-state index contributed by atoms with van der Waals surface area (Å²) in [5.74, 6) is 0.645. The van der Waals surface area contributed by atoms with Crippen molar-refractivity contribution < 1.29 is 19.0 Å². The minimum atomic E-state index is -0.457. The van der Waals surface area contributed by atoms with Crippen molar-refractivity contribution in [3.8, 4) is 23.3 Å². The molecule has 0 saturated carbocycles. The highest BCUT2D eigenvalue weighted by molar-refractivity contribution is 5.92. The molecule has 0 bridgehead atoms. The summed E-state index contributed by atoms with van der Waals surface area (Å²) in [4.78, 5) is 12.6. The highest BCUT2D eigenvalue weighted by Gasteiger charge is 2.31. The van der Waals surface area contributed by atoms with Gasteiger partial charge in [-0.3, -0.25) is 0 Å². The molecule has 1 aliphatic heterocycles. The SMILES string of the molecule is COc1ccc(C2C(C#N)=C(N)Oc3cc(OC(=O)c4ccccc4C)ccc32)cc1. The maximum absolute atomic E-state index is 12.6. The van der Waals surface area contributed by atoms with Crippen LogP contribution in [0.1, 0.15) is 33.0 Å². The molecule has 0 aliphatic carbocycles. The third kappa shape index (κ3) is 3.81. The van der Waals surface area contributed by atoms with E-state index in [4.69, 9.17) is 19.9 Å². The zero-order chi connectivity index (χ0) is 22.0. The van der Waals surface area contributed by atoms with E-state index in [0.717, 1.165) is 16.7 Å². The number of carbonyl (C=O) groups excluding carboxylic acids is 1. The van der Waals surface area contributed by atoms with Gasteiger partial charge in [0, 0.05) is 11.6 Å². The third-order valence-electron chi connectivity index (χ3n) is 5.22. The van der Waals surface area contributed by atoms with Crippen molar-refractivity contribution in [1.82, 2.24) is 0 Å². The number of nitrogens with two attached hydrogens (primary N) is 1. The minimum Gasteiger partial charge on any atom is -0.497 e. The molecule has 1 atom stereocenters. The molecule has 6 heteroatoms. The number of carbonyl (C=O) groups is 1. The quantitative estimate of drug-likeness (QED) is 0.503. The number of esters is 1. The molecular formula is C25H20N2O4. The van der Waals surface area contributed by atoms with Crippen LogP contribution in [-0.4, -0.2) is 13.1 Å². The van der Waals surface area contributed by atoms with Crippen LogP contribution in [0.5, 0.6) is 17.2 Å². The number of fused-ring (bicyclic) bond motifs is 1. The molecule has 0 spiro atoms. The Bertz CT molecular complexity index is 1220. The molecule has 1 unspecified atom stereocenters. The molecule has 0 aromatic heterocycles. The third-order valence-corrected chi connectivity index (χ3v) is 5.22. The normalized spacial score (nSPS) is 14.8. The van der Waals surface area contributed by atoms with Crippen LogP contribution < -0.4 is 19.9 Å². The van der Waals surface area contributed by atoms with E-state index >= 15 is 0 Å². The van der Waals surface area contributed by atoms with E-state index in [1.807, 2.05) is 43.3 Å². The van der Waals surface area contributed by atoms with E-state index in [9.17, 15) is 10.1 Å². The van der Waals surface area contributed by atoms with Gasteiger partial charge in [0.2, 0.25) is 5.88 Å². The summed E-state index contributed by atoms with van der Waals surface area (Å²) < 4.78 is 16.5. The molecule has 0 fully saturated rings. The second kappa shape index (κ2) is 8.25. The highest BCUT2D eigenvalue weighted by atomic mass is 16.5. The van der Waals surface area contributed by atoms with E-state index in [1.54, 1.807) is 37.4 Å². The van der Waals surface area contributed by atoms with Gasteiger partial charge in [0.05, 0.1) is 18.6 Å². The monoisotopic (exact) mass is 412 g/mol. The lowest BCUT2D eigenvalue weighted by molar-refractivity contribution is 0.0733. The van der Waals surface area contributed by atoms with E-state index < -0.39 is 11.9 Å². The number of methoxy groups -OCH3 is 1. The fourth-order valence-corrected chi connectivity index (χ4v) is 3.60. The molecule has 0 saturated heterocycles. The van der Waals surface area contributed by atoms with Crippen molar-refractivity contribution in [2.75, 3.05) is 7.11 Å². The van der Waals surface area contributed by atoms with Gasteiger partial charge in [0.25, 0.3) is 0 Å². The molecule has 4 rings (SSSR count). The Kier molecular flexibility index (Phi) is 5.33. The Balaban J connectivity index is 1.69. The molecule has 3 aromatic carbocycles. The molecule has 31 heavy (non-hydrogen) atoms. The molecule has 154 valence electrons. The number of rotatable bonds is 4. The first-order valence-corrected chi connectivity index (χ1v) is 9.65. The predicted octanol–water partition coefficient (Wildman–Crippen LogP) is 4.44. The van der Waals surface area contributed by atoms with Crippen LogP contribution in [0.3, 0.4) is 0 Å². The van der Waals surface area contributed by atoms with Gasteiger partial charge in [-0.2, -0.15) is 5.26 Å². The maximum atomic E-state index is 12.6. The summed E-state index contributed by atoms with van der Waals surface area (Å²) in [5, 5.41) is 9.68. The zero-order valence-electron chi connectivity index (χ0n) is 17.1. The van der Waals surface area contributed by atoms with Gasteiger partial charge in [-0.05, 0) is 42.3 Å². The minimum absolute atomic E-state index is 0.0261. The van der Waals surface area contributed by atoms with Crippen LogP contribution in [0.15, 0.2) is 78.2 Å². The fraction of sp³-hybridized carbons (Fsp3) is 0.120. The van der Waals surface area contributed by atoms with Gasteiger partial charge in [-0.1, -0.05) is 36.4 Å². The zero-order valence-corrected chi connectivity index (χ0v) is 17.1. The summed E-state index contributed by atoms with van der Waals surface area (Å²) in [6, 6.07) is 21.9. The van der Waals surface area contributed by atoms with Gasteiger partial charge in [-0.25, -0.2) is 4.79 Å². The molecule has 0 amide bonds. The van der Waals surface area contributed by atoms with Gasteiger partial charge >= 0.3 is 5.97 Å². The van der Waals surface area contributed by atoms with E-state index in [-0.39, 0.29) is 5.88 Å². The first kappa shape index (κ1) is 20.0. The van der Waals surface area contributed by atoms with Gasteiger partial charge < -0.3 is 19.9 Å². The molecule has 6 nitrogen and oxygen atoms in total. The Labute approximate surface area is 180 Å². The lowest BCUT2D eigenvalue weighted by atomic mass is 9.83. The average molecular weight is 412 g/mol. The van der Waals surface area contributed by atoms with Gasteiger partial charge in [0.15, 0.2) is 0 Å². The maximum Gasteiger partial charge on any atom is 0.343 e. The summed E-state index contributed by atoms with van der Waals surface area (Å²) in [6.07, 6.45) is 0. The molecule has 3 aromatic rings. The first-order chi connectivity index (χ1) is 15.0. The summed E-state index contributed by atoms with van der Waals surface area (Å²) in [5.41, 5.74) is 9.32. The van der Waals surface area contributed by atoms with E-state index in [0.29, 0.717) is 28.4 Å². The van der Waals surface area contributed by atoms with Gasteiger partial charge in [-0.15, -0.1) is 0 Å². The number of aryl methyl sites for hydroxylation is 1. The number of nitrogens with zero attached hydrogens (tertiary/aromatic N) is 1. The van der Waals surface area contributed by atoms with Crippen LogP contribution in [0.25, 0.3) is 0 Å². The van der Waals surface area contributed by atoms with Crippen LogP contribution >= 0.6 is 0 Å². The number of allylic oxidation sites excluding steroid dienone is 1. The molecular weight excluding hydrogens is 392 g/mol. The Hall–Kier alpha value is -4.24. The highest BCUT2D eigenvalue weighted by Crippen LogP contribution is 2.43. The number of benzene rings is 3. The smallest absolute Gasteiger partial charge is 0.343 e. The Morgan fingerprint density at radius 3 is 2.45 bits per heavy atom. The molecule has 1 heterocycles. The lowest BCUT2D eigenvalue weighted by Crippen LogP contribution is -2.21. The number of hydrogen-bond acceptors (Lipinski definition) is 6. The average Bonchev–Trinajstić information content (AvgIpc) is 2.78. The molecule has 2 N–H and O–H groups in total. The molecule has 1 aliphatic rings. The summed E-state index contributed by atoms with van der Waals surface area (Å²) in [7, 11) is 1.59. The van der Waals surface area contributed by atoms with Crippen LogP contribution in [0.4, 0.5) is 0 Å². The summed E-state index contributed by atoms with van der Waals surface area (Å²) >= 11 is 0. The number of nitriles is 1. The Morgan fingerprint density at radius 2 is 1.77 bits per heavy atom. The predicted molar refractivity (Wildman–Crippen MR) is 115 cm³/mol. The second-order valence-corrected chi connectivity index (χ2v) is 7.10. The first-order valence-electron chi connectivity index (χ1n) is 9.65. The second-order valence-electron chi connectivity index (χ2n) is 7.10.